The van der Waals surface area contributed by atoms with Crippen LogP contribution in [0.4, 0.5) is 11.4 Å². The van der Waals surface area contributed by atoms with Gasteiger partial charge < -0.3 is 8.99 Å². The molecule has 12 aromatic rings. The first-order chi connectivity index (χ1) is 39.0. The van der Waals surface area contributed by atoms with Gasteiger partial charge in [0.15, 0.2) is 0 Å². The summed E-state index contributed by atoms with van der Waals surface area (Å²) in [6.07, 6.45) is 5.46. The molecule has 0 fully saturated rings. The first-order valence-corrected chi connectivity index (χ1v) is 25.3. The predicted molar refractivity (Wildman–Crippen MR) is 292 cm³/mol. The summed E-state index contributed by atoms with van der Waals surface area (Å²) in [6, 6.07) is 53.0. The van der Waals surface area contributed by atoms with Crippen molar-refractivity contribution in [3.63, 3.8) is 0 Å². The van der Waals surface area contributed by atoms with E-state index in [2.05, 4.69) is 115 Å². The Morgan fingerprint density at radius 2 is 1.17 bits per heavy atom. The van der Waals surface area contributed by atoms with Crippen LogP contribution >= 0.6 is 0 Å². The number of anilines is 2. The number of rotatable bonds is 8. The zero-order chi connectivity index (χ0) is 56.4. The normalized spacial score (nSPS) is 15.2. The van der Waals surface area contributed by atoms with E-state index in [1.807, 2.05) is 89.6 Å². The molecule has 0 bridgehead atoms. The van der Waals surface area contributed by atoms with Gasteiger partial charge in [-0.3, -0.25) is 13.7 Å². The van der Waals surface area contributed by atoms with Gasteiger partial charge in [0.2, 0.25) is 0 Å². The Morgan fingerprint density at radius 3 is 1.85 bits per heavy atom. The molecule has 7 heteroatoms. The van der Waals surface area contributed by atoms with E-state index in [0.717, 1.165) is 54.9 Å². The van der Waals surface area contributed by atoms with Crippen LogP contribution in [0.15, 0.2) is 243 Å². The Labute approximate surface area is 428 Å². The summed E-state index contributed by atoms with van der Waals surface area (Å²) < 4.78 is 104. The molecule has 0 amide bonds. The molecule has 0 atom stereocenters. The highest BCUT2D eigenvalue weighted by Crippen LogP contribution is 2.49. The van der Waals surface area contributed by atoms with Crippen molar-refractivity contribution in [3.8, 4) is 45.2 Å². The third kappa shape index (κ3) is 6.91. The van der Waals surface area contributed by atoms with Crippen LogP contribution in [-0.4, -0.2) is 22.6 Å². The molecule has 3 aromatic heterocycles. The van der Waals surface area contributed by atoms with Gasteiger partial charge in [-0.15, -0.1) is 0 Å². The zero-order valence-electron chi connectivity index (χ0n) is 49.0. The number of aromatic nitrogens is 4. The van der Waals surface area contributed by atoms with Crippen LogP contribution in [0.5, 0.6) is 5.75 Å². The highest BCUT2D eigenvalue weighted by atomic mass is 28.4. The van der Waals surface area contributed by atoms with Gasteiger partial charge in [0.1, 0.15) is 11.6 Å². The predicted octanol–water partition coefficient (Wildman–Crippen LogP) is 13.6. The van der Waals surface area contributed by atoms with Gasteiger partial charge in [-0.05, 0) is 81.8 Å². The van der Waals surface area contributed by atoms with Crippen molar-refractivity contribution in [1.82, 2.24) is 14.1 Å². The Kier molecular flexibility index (Phi) is 7.74. The van der Waals surface area contributed by atoms with Crippen LogP contribution < -0.4 is 23.9 Å². The maximum Gasteiger partial charge on any atom is 0.433 e. The summed E-state index contributed by atoms with van der Waals surface area (Å²) in [5.41, 5.74) is 6.74. The van der Waals surface area contributed by atoms with E-state index in [1.165, 1.54) is 0 Å². The van der Waals surface area contributed by atoms with Crippen molar-refractivity contribution in [2.45, 2.75) is 26.2 Å². The van der Waals surface area contributed by atoms with Crippen LogP contribution in [0.25, 0.3) is 72.3 Å². The lowest BCUT2D eigenvalue weighted by molar-refractivity contribution is -0.571. The summed E-state index contributed by atoms with van der Waals surface area (Å²) in [5.74, 6) is 1.51. The monoisotopic (exact) mass is 941 g/mol. The van der Waals surface area contributed by atoms with E-state index >= 15 is 0 Å². The average molecular weight is 942 g/mol. The lowest BCUT2D eigenvalue weighted by Crippen LogP contribution is -2.71. The molecule has 0 saturated carbocycles. The fourth-order valence-corrected chi connectivity index (χ4v) is 14.2. The molecule has 9 aromatic carbocycles. The highest BCUT2D eigenvalue weighted by Gasteiger charge is 2.55. The number of fused-ring (bicyclic) bond motifs is 5. The standard InChI is InChI=1S/C64H49N5OSi/c1-64(2,3)47-38-39-65-62(40-47)68-56-35-17-16-32-54(56)55-42-61-60(43-59(55)68)69(71(70-61,50-28-12-6-13-29-50)51-30-14-7-15-31-51)49-27-20-26-48(41-49)66-44-67(58-37-19-18-36-57(58)66)63-52(45-22-8-4-9-23-45)33-21-34-53(63)46-24-10-5-11-25-46/h4-43H,1-3H3/i4D,5D,8D,9D,10D,11D,22D,23D,24D,25D. The van der Waals surface area contributed by atoms with Crippen molar-refractivity contribution in [2.75, 3.05) is 4.57 Å². The molecule has 340 valence electrons. The van der Waals surface area contributed by atoms with Gasteiger partial charge in [-0.25, -0.2) is 4.98 Å². The maximum absolute atomic E-state index is 9.19. The molecule has 13 rings (SSSR count). The summed E-state index contributed by atoms with van der Waals surface area (Å²) in [5, 5.41) is 4.09. The second-order valence-corrected chi connectivity index (χ2v) is 21.7. The quantitative estimate of drug-likeness (QED) is 0.0866. The molecule has 1 aliphatic heterocycles. The van der Waals surface area contributed by atoms with Crippen LogP contribution in [-0.2, 0) is 5.41 Å². The fraction of sp³-hybridized carbons (Fsp3) is 0.0625. The molecule has 0 spiro atoms. The summed E-state index contributed by atoms with van der Waals surface area (Å²) in [6.45, 7) is 6.60. The SMILES string of the molecule is [2H]c1c([2H])c([2H])c(-c2cccc(-c3c([2H])c([2H])c([2H])c([2H])c3[2H])c2-[n+]2[c-]n(-c3cccc(N4c5cc6c(cc5O[Si]4(c4ccccc4)c4ccccc4)c4ccccc4n6-c4cc(C(C)(C)C)ccn4)c3)c3ccccc32)c([2H])c1[2H]. The number of para-hydroxylation sites is 4. The van der Waals surface area contributed by atoms with Crippen molar-refractivity contribution < 1.29 is 22.7 Å². The van der Waals surface area contributed by atoms with Crippen LogP contribution in [0.3, 0.4) is 0 Å². The van der Waals surface area contributed by atoms with Crippen molar-refractivity contribution in [3.05, 3.63) is 254 Å². The van der Waals surface area contributed by atoms with Gasteiger partial charge in [-0.1, -0.05) is 209 Å². The first-order valence-electron chi connectivity index (χ1n) is 28.5. The minimum atomic E-state index is -3.57. The molecule has 0 radical (unpaired) electrons. The lowest BCUT2D eigenvalue weighted by Gasteiger charge is -2.36. The minimum Gasteiger partial charge on any atom is -0.516 e. The Bertz CT molecular complexity index is 4400. The summed E-state index contributed by atoms with van der Waals surface area (Å²) in [4.78, 5) is 5.00. The van der Waals surface area contributed by atoms with Gasteiger partial charge >= 0.3 is 8.48 Å². The van der Waals surface area contributed by atoms with Crippen molar-refractivity contribution >= 4 is 63.1 Å². The number of benzene rings is 9. The molecule has 0 aliphatic carbocycles. The summed E-state index contributed by atoms with van der Waals surface area (Å²) >= 11 is 0. The van der Waals surface area contributed by atoms with Crippen LogP contribution in [0.2, 0.25) is 0 Å². The lowest BCUT2D eigenvalue weighted by atomic mass is 9.88. The molecule has 4 heterocycles. The Balaban J connectivity index is 1.08. The minimum absolute atomic E-state index is 0.133. The second-order valence-electron chi connectivity index (χ2n) is 18.6. The molecule has 1 aliphatic rings. The molecule has 0 saturated heterocycles. The Hall–Kier alpha value is -8.78. The smallest absolute Gasteiger partial charge is 0.433 e. The number of nitrogens with zero attached hydrogens (tertiary/aromatic N) is 5. The molecular weight excluding hydrogens is 883 g/mol. The topological polar surface area (TPSA) is 39.1 Å². The first kappa shape index (κ1) is 32.9. The van der Waals surface area contributed by atoms with Gasteiger partial charge in [0, 0.05) is 33.0 Å². The van der Waals surface area contributed by atoms with Gasteiger partial charge in [-0.2, -0.15) is 0 Å². The van der Waals surface area contributed by atoms with E-state index < -0.39 is 68.9 Å². The highest BCUT2D eigenvalue weighted by molar-refractivity contribution is 7.02. The van der Waals surface area contributed by atoms with Crippen LogP contribution in [0.1, 0.15) is 40.0 Å². The number of imidazole rings is 1. The van der Waals surface area contributed by atoms with E-state index in [0.29, 0.717) is 22.5 Å². The van der Waals surface area contributed by atoms with E-state index in [-0.39, 0.29) is 33.4 Å². The average Bonchev–Trinajstić information content (AvgIpc) is 2.82. The molecular formula is C64H49N5OSi. The number of hydrogen-bond acceptors (Lipinski definition) is 3. The zero-order valence-corrected chi connectivity index (χ0v) is 40.0. The summed E-state index contributed by atoms with van der Waals surface area (Å²) in [7, 11) is -3.57. The maximum atomic E-state index is 9.19. The fourth-order valence-electron chi connectivity index (χ4n) is 10.2. The van der Waals surface area contributed by atoms with Crippen LogP contribution in [0, 0.1) is 6.33 Å². The van der Waals surface area contributed by atoms with E-state index in [9.17, 15) is 5.48 Å². The van der Waals surface area contributed by atoms with E-state index in [1.54, 1.807) is 22.8 Å². The van der Waals surface area contributed by atoms with Gasteiger partial charge in [0.25, 0.3) is 6.33 Å². The Morgan fingerprint density at radius 1 is 0.563 bits per heavy atom. The van der Waals surface area contributed by atoms with Crippen molar-refractivity contribution in [2.24, 2.45) is 0 Å². The van der Waals surface area contributed by atoms with Crippen molar-refractivity contribution in [1.29, 1.82) is 0 Å². The molecule has 71 heavy (non-hydrogen) atoms. The second kappa shape index (κ2) is 16.7. The molecule has 6 nitrogen and oxygen atoms in total. The number of hydrogen-bond donors (Lipinski definition) is 0. The largest absolute Gasteiger partial charge is 0.516 e. The third-order valence-corrected chi connectivity index (χ3v) is 17.3. The molecule has 0 unspecified atom stereocenters. The van der Waals surface area contributed by atoms with Gasteiger partial charge in [0.05, 0.1) is 52.8 Å². The number of pyridine rings is 1. The third-order valence-electron chi connectivity index (χ3n) is 13.4. The van der Waals surface area contributed by atoms with E-state index in [4.69, 9.17) is 17.6 Å². The molecule has 0 N–H and O–H groups in total.